The van der Waals surface area contributed by atoms with E-state index in [1.54, 1.807) is 19.1 Å². The Hall–Kier alpha value is -1.56. The second kappa shape index (κ2) is 6.06. The summed E-state index contributed by atoms with van der Waals surface area (Å²) in [5.74, 6) is -0.596. The molecule has 0 aliphatic rings. The average Bonchev–Trinajstić information content (AvgIpc) is 2.35. The molecule has 0 saturated heterocycles. The number of nitrogens with two attached hydrogens (primary N) is 1. The first kappa shape index (κ1) is 15.5. The van der Waals surface area contributed by atoms with Crippen LogP contribution < -0.4 is 10.0 Å². The van der Waals surface area contributed by atoms with Gasteiger partial charge in [-0.2, -0.15) is 0 Å². The number of primary amides is 1. The van der Waals surface area contributed by atoms with Crippen molar-refractivity contribution in [3.05, 3.63) is 29.8 Å². The van der Waals surface area contributed by atoms with E-state index in [1.165, 1.54) is 0 Å². The summed E-state index contributed by atoms with van der Waals surface area (Å²) < 4.78 is 25.4. The maximum absolute atomic E-state index is 12.1. The summed E-state index contributed by atoms with van der Waals surface area (Å²) in [5.41, 5.74) is 6.56. The van der Waals surface area contributed by atoms with E-state index in [1.807, 2.05) is 26.0 Å². The molecule has 0 unspecified atom stereocenters. The van der Waals surface area contributed by atoms with Crippen molar-refractivity contribution in [3.63, 3.8) is 0 Å². The Morgan fingerprint density at radius 2 is 1.89 bits per heavy atom. The fraction of sp³-hybridized carbons (Fsp3) is 0.462. The van der Waals surface area contributed by atoms with Crippen LogP contribution in [0.1, 0.15) is 32.3 Å². The van der Waals surface area contributed by atoms with Crippen LogP contribution in [0.2, 0.25) is 0 Å². The van der Waals surface area contributed by atoms with Crippen LogP contribution in [0.5, 0.6) is 0 Å². The first-order valence-corrected chi connectivity index (χ1v) is 7.78. The van der Waals surface area contributed by atoms with Gasteiger partial charge in [-0.1, -0.05) is 32.0 Å². The first-order valence-electron chi connectivity index (χ1n) is 6.17. The quantitative estimate of drug-likeness (QED) is 0.858. The van der Waals surface area contributed by atoms with E-state index < -0.39 is 15.9 Å². The molecular formula is C13H20N2O3S. The summed E-state index contributed by atoms with van der Waals surface area (Å²) in [6.07, 6.45) is 0. The predicted octanol–water partition coefficient (Wildman–Crippen LogP) is 1.45. The van der Waals surface area contributed by atoms with Gasteiger partial charge in [0.2, 0.25) is 15.9 Å². The molecule has 0 atom stereocenters. The molecule has 0 aliphatic carbocycles. The number of hydrogen-bond donors (Lipinski definition) is 1. The maximum Gasteiger partial charge on any atom is 0.238 e. The van der Waals surface area contributed by atoms with E-state index in [0.29, 0.717) is 5.69 Å². The standard InChI is InChI=1S/C13H20N2O3S/c1-4-19(17,18)15(9-13(14)16)12-8-6-5-7-11(12)10(2)3/h5-8,10H,4,9H2,1-3H3,(H2,14,16). The minimum Gasteiger partial charge on any atom is -0.368 e. The van der Waals surface area contributed by atoms with Crippen molar-refractivity contribution in [2.24, 2.45) is 5.73 Å². The van der Waals surface area contributed by atoms with Gasteiger partial charge < -0.3 is 5.73 Å². The number of hydrogen-bond acceptors (Lipinski definition) is 3. The van der Waals surface area contributed by atoms with Crippen LogP contribution in [0.4, 0.5) is 5.69 Å². The van der Waals surface area contributed by atoms with Crippen molar-refractivity contribution in [2.75, 3.05) is 16.6 Å². The van der Waals surface area contributed by atoms with Crippen LogP contribution in [0, 0.1) is 0 Å². The molecule has 19 heavy (non-hydrogen) atoms. The molecule has 0 fully saturated rings. The second-order valence-electron chi connectivity index (χ2n) is 4.59. The molecule has 0 aromatic heterocycles. The third-order valence-corrected chi connectivity index (χ3v) is 4.55. The number of benzene rings is 1. The van der Waals surface area contributed by atoms with Crippen molar-refractivity contribution in [1.82, 2.24) is 0 Å². The van der Waals surface area contributed by atoms with E-state index in [4.69, 9.17) is 5.73 Å². The molecule has 106 valence electrons. The summed E-state index contributed by atoms with van der Waals surface area (Å²) in [7, 11) is -3.53. The summed E-state index contributed by atoms with van der Waals surface area (Å²) in [6, 6.07) is 7.16. The summed E-state index contributed by atoms with van der Waals surface area (Å²) in [6.45, 7) is 5.15. The number of nitrogens with zero attached hydrogens (tertiary/aromatic N) is 1. The van der Waals surface area contributed by atoms with Crippen LogP contribution >= 0.6 is 0 Å². The monoisotopic (exact) mass is 284 g/mol. The van der Waals surface area contributed by atoms with E-state index in [-0.39, 0.29) is 18.2 Å². The molecule has 1 aromatic rings. The van der Waals surface area contributed by atoms with E-state index in [0.717, 1.165) is 9.87 Å². The highest BCUT2D eigenvalue weighted by molar-refractivity contribution is 7.92. The lowest BCUT2D eigenvalue weighted by Gasteiger charge is -2.26. The molecule has 1 amide bonds. The molecule has 0 spiro atoms. The van der Waals surface area contributed by atoms with E-state index in [2.05, 4.69) is 0 Å². The fourth-order valence-corrected chi connectivity index (χ4v) is 2.94. The number of rotatable bonds is 6. The highest BCUT2D eigenvalue weighted by Gasteiger charge is 2.25. The van der Waals surface area contributed by atoms with Gasteiger partial charge in [-0.15, -0.1) is 0 Å². The Balaban J connectivity index is 3.37. The molecule has 5 nitrogen and oxygen atoms in total. The third-order valence-electron chi connectivity index (χ3n) is 2.83. The Kier molecular flexibility index (Phi) is 4.94. The van der Waals surface area contributed by atoms with Gasteiger partial charge in [-0.05, 0) is 24.5 Å². The molecule has 0 bridgehead atoms. The molecule has 0 aliphatic heterocycles. The Bertz CT molecular complexity index is 553. The number of para-hydroxylation sites is 1. The Morgan fingerprint density at radius 1 is 1.32 bits per heavy atom. The summed E-state index contributed by atoms with van der Waals surface area (Å²) in [4.78, 5) is 11.1. The lowest BCUT2D eigenvalue weighted by molar-refractivity contribution is -0.116. The highest BCUT2D eigenvalue weighted by Crippen LogP contribution is 2.29. The van der Waals surface area contributed by atoms with E-state index >= 15 is 0 Å². The zero-order valence-corrected chi connectivity index (χ0v) is 12.3. The SMILES string of the molecule is CCS(=O)(=O)N(CC(N)=O)c1ccccc1C(C)C. The summed E-state index contributed by atoms with van der Waals surface area (Å²) in [5, 5.41) is 0. The normalized spacial score (nSPS) is 11.6. The average molecular weight is 284 g/mol. The van der Waals surface area contributed by atoms with Crippen molar-refractivity contribution in [2.45, 2.75) is 26.7 Å². The topological polar surface area (TPSA) is 80.5 Å². The lowest BCUT2D eigenvalue weighted by Crippen LogP contribution is -2.40. The van der Waals surface area contributed by atoms with Crippen LogP contribution in [-0.2, 0) is 14.8 Å². The predicted molar refractivity (Wildman–Crippen MR) is 76.5 cm³/mol. The molecular weight excluding hydrogens is 264 g/mol. The van der Waals surface area contributed by atoms with Crippen molar-refractivity contribution in [1.29, 1.82) is 0 Å². The third kappa shape index (κ3) is 3.70. The number of amides is 1. The van der Waals surface area contributed by atoms with Gasteiger partial charge in [-0.3, -0.25) is 9.10 Å². The largest absolute Gasteiger partial charge is 0.368 e. The maximum atomic E-state index is 12.1. The molecule has 0 heterocycles. The zero-order chi connectivity index (χ0) is 14.6. The van der Waals surface area contributed by atoms with Gasteiger partial charge in [0.05, 0.1) is 11.4 Å². The first-order chi connectivity index (χ1) is 8.79. The van der Waals surface area contributed by atoms with Gasteiger partial charge >= 0.3 is 0 Å². The Labute approximate surface area is 114 Å². The van der Waals surface area contributed by atoms with E-state index in [9.17, 15) is 13.2 Å². The smallest absolute Gasteiger partial charge is 0.238 e. The van der Waals surface area contributed by atoms with Gasteiger partial charge in [0.15, 0.2) is 0 Å². The number of anilines is 1. The number of carbonyl (C=O) groups is 1. The summed E-state index contributed by atoms with van der Waals surface area (Å²) >= 11 is 0. The molecule has 1 rings (SSSR count). The molecule has 1 aromatic carbocycles. The van der Waals surface area contributed by atoms with Crippen molar-refractivity contribution < 1.29 is 13.2 Å². The van der Waals surface area contributed by atoms with Crippen LogP contribution in [0.15, 0.2) is 24.3 Å². The van der Waals surface area contributed by atoms with Crippen molar-refractivity contribution >= 4 is 21.6 Å². The van der Waals surface area contributed by atoms with Crippen LogP contribution in [-0.4, -0.2) is 26.6 Å². The van der Waals surface area contributed by atoms with Gasteiger partial charge in [0, 0.05) is 0 Å². The molecule has 2 N–H and O–H groups in total. The minimum absolute atomic E-state index is 0.0767. The second-order valence-corrected chi connectivity index (χ2v) is 6.77. The van der Waals surface area contributed by atoms with Crippen molar-refractivity contribution in [3.8, 4) is 0 Å². The highest BCUT2D eigenvalue weighted by atomic mass is 32.2. The zero-order valence-electron chi connectivity index (χ0n) is 11.5. The lowest BCUT2D eigenvalue weighted by atomic mass is 10.0. The number of sulfonamides is 1. The molecule has 6 heteroatoms. The number of carbonyl (C=O) groups excluding carboxylic acids is 1. The molecule has 0 radical (unpaired) electrons. The Morgan fingerprint density at radius 3 is 2.37 bits per heavy atom. The van der Waals surface area contributed by atoms with Crippen LogP contribution in [0.3, 0.4) is 0 Å². The molecule has 0 saturated carbocycles. The minimum atomic E-state index is -3.53. The van der Waals surface area contributed by atoms with Gasteiger partial charge in [0.1, 0.15) is 6.54 Å². The van der Waals surface area contributed by atoms with Gasteiger partial charge in [0.25, 0.3) is 0 Å². The van der Waals surface area contributed by atoms with Gasteiger partial charge in [-0.25, -0.2) is 8.42 Å². The fourth-order valence-electron chi connectivity index (χ4n) is 1.83. The van der Waals surface area contributed by atoms with Crippen LogP contribution in [0.25, 0.3) is 0 Å².